The molecule has 0 fully saturated rings. The molecule has 0 radical (unpaired) electrons. The second-order valence-electron chi connectivity index (χ2n) is 6.48. The molecular weight excluding hydrogens is 330 g/mol. The van der Waals surface area contributed by atoms with Gasteiger partial charge in [0, 0.05) is 11.5 Å². The maximum atomic E-state index is 11.1. The topological polar surface area (TPSA) is 76.6 Å². The zero-order valence-corrected chi connectivity index (χ0v) is 13.9. The van der Waals surface area contributed by atoms with Gasteiger partial charge in [-0.3, -0.25) is 5.10 Å². The molecule has 1 N–H and O–H groups in total. The predicted octanol–water partition coefficient (Wildman–Crippen LogP) is 3.66. The van der Waals surface area contributed by atoms with Gasteiger partial charge in [0.2, 0.25) is 12.9 Å². The van der Waals surface area contributed by atoms with Crippen molar-refractivity contribution in [3.8, 4) is 22.8 Å². The van der Waals surface area contributed by atoms with Crippen LogP contribution in [0.5, 0.6) is 11.5 Å². The van der Waals surface area contributed by atoms with Crippen LogP contribution in [-0.2, 0) is 17.6 Å². The Hall–Kier alpha value is -3.37. The summed E-state index contributed by atoms with van der Waals surface area (Å²) in [6.07, 6.45) is 3.46. The molecule has 1 aliphatic carbocycles. The Labute approximate surface area is 149 Å². The Kier molecular flexibility index (Phi) is 3.37. The van der Waals surface area contributed by atoms with Gasteiger partial charge in [-0.1, -0.05) is 24.3 Å². The van der Waals surface area contributed by atoms with E-state index in [-0.39, 0.29) is 12.7 Å². The maximum Gasteiger partial charge on any atom is 0.240 e. The molecule has 0 bridgehead atoms. The summed E-state index contributed by atoms with van der Waals surface area (Å²) in [6, 6.07) is 14.0. The third-order valence-electron chi connectivity index (χ3n) is 5.02. The average Bonchev–Trinajstić information content (AvgIpc) is 3.38. The van der Waals surface area contributed by atoms with Crippen molar-refractivity contribution in [1.29, 1.82) is 0 Å². The molecule has 0 atom stereocenters. The lowest BCUT2D eigenvalue weighted by molar-refractivity contribution is 0.174. The van der Waals surface area contributed by atoms with Crippen LogP contribution in [0, 0.1) is 0 Å². The molecule has 0 saturated carbocycles. The van der Waals surface area contributed by atoms with Gasteiger partial charge in [0.1, 0.15) is 5.69 Å². The van der Waals surface area contributed by atoms with Gasteiger partial charge in [0.25, 0.3) is 0 Å². The third-order valence-corrected chi connectivity index (χ3v) is 5.02. The first kappa shape index (κ1) is 14.9. The molecule has 3 aromatic rings. The molecule has 26 heavy (non-hydrogen) atoms. The van der Waals surface area contributed by atoms with E-state index in [1.165, 1.54) is 11.1 Å². The second kappa shape index (κ2) is 5.86. The van der Waals surface area contributed by atoms with E-state index in [9.17, 15) is 4.79 Å². The molecular formula is C20H15N3O3. The van der Waals surface area contributed by atoms with Crippen molar-refractivity contribution in [2.45, 2.75) is 18.8 Å². The number of aromatic nitrogens is 2. The van der Waals surface area contributed by atoms with E-state index >= 15 is 0 Å². The summed E-state index contributed by atoms with van der Waals surface area (Å²) in [6.45, 7) is 0.215. The van der Waals surface area contributed by atoms with Crippen LogP contribution >= 0.6 is 0 Å². The number of aromatic amines is 1. The average molecular weight is 345 g/mol. The first-order valence-corrected chi connectivity index (χ1v) is 8.46. The number of rotatable bonds is 3. The second-order valence-corrected chi connectivity index (χ2v) is 6.48. The number of hydrogen-bond acceptors (Lipinski definition) is 5. The highest BCUT2D eigenvalue weighted by Gasteiger charge is 2.29. The Bertz CT molecular complexity index is 1030. The minimum atomic E-state index is 0.193. The standard InChI is InChI=1S/C20H15N3O3/c24-10-21-20-18(14-5-6-16-17(9-14)26-11-25-16)22-23-19(20)15-7-12-3-1-2-4-13(12)8-15/h1-6,9,15H,7-8,11H2,(H,22,23). The molecule has 0 amide bonds. The van der Waals surface area contributed by atoms with Gasteiger partial charge in [-0.25, -0.2) is 4.79 Å². The number of H-pyrrole nitrogens is 1. The van der Waals surface area contributed by atoms with Crippen LogP contribution in [-0.4, -0.2) is 23.1 Å². The Morgan fingerprint density at radius 3 is 2.62 bits per heavy atom. The minimum absolute atomic E-state index is 0.193. The number of hydrogen-bond donors (Lipinski definition) is 1. The van der Waals surface area contributed by atoms with Crippen molar-refractivity contribution < 1.29 is 14.3 Å². The predicted molar refractivity (Wildman–Crippen MR) is 94.5 cm³/mol. The molecule has 6 nitrogen and oxygen atoms in total. The highest BCUT2D eigenvalue weighted by molar-refractivity contribution is 5.77. The number of carbonyl (C=O) groups excluding carboxylic acids is 1. The number of aliphatic imine (C=N–C) groups is 1. The normalized spacial score (nSPS) is 14.9. The van der Waals surface area contributed by atoms with E-state index in [1.807, 2.05) is 30.3 Å². The van der Waals surface area contributed by atoms with Gasteiger partial charge in [0.15, 0.2) is 11.5 Å². The van der Waals surface area contributed by atoms with Crippen LogP contribution in [0.3, 0.4) is 0 Å². The molecule has 2 aliphatic rings. The molecule has 5 rings (SSSR count). The number of nitrogens with one attached hydrogen (secondary N) is 1. The van der Waals surface area contributed by atoms with E-state index in [0.29, 0.717) is 22.9 Å². The lowest BCUT2D eigenvalue weighted by Gasteiger charge is -2.06. The van der Waals surface area contributed by atoms with Crippen LogP contribution < -0.4 is 9.47 Å². The summed E-state index contributed by atoms with van der Waals surface area (Å²) >= 11 is 0. The Morgan fingerprint density at radius 1 is 1.08 bits per heavy atom. The van der Waals surface area contributed by atoms with Crippen molar-refractivity contribution in [1.82, 2.24) is 10.2 Å². The molecule has 128 valence electrons. The highest BCUT2D eigenvalue weighted by Crippen LogP contribution is 2.43. The molecule has 0 spiro atoms. The van der Waals surface area contributed by atoms with E-state index in [0.717, 1.165) is 24.1 Å². The summed E-state index contributed by atoms with van der Waals surface area (Å²) in [7, 11) is 0. The molecule has 1 aliphatic heterocycles. The first-order valence-electron chi connectivity index (χ1n) is 8.46. The van der Waals surface area contributed by atoms with Crippen LogP contribution in [0.2, 0.25) is 0 Å². The maximum absolute atomic E-state index is 11.1. The monoisotopic (exact) mass is 345 g/mol. The van der Waals surface area contributed by atoms with Gasteiger partial charge in [-0.15, -0.1) is 0 Å². The summed E-state index contributed by atoms with van der Waals surface area (Å²) in [4.78, 5) is 15.0. The highest BCUT2D eigenvalue weighted by atomic mass is 16.7. The summed E-state index contributed by atoms with van der Waals surface area (Å²) < 4.78 is 10.8. The number of ether oxygens (including phenoxy) is 2. The third kappa shape index (κ3) is 2.31. The fourth-order valence-electron chi connectivity index (χ4n) is 3.80. The molecule has 6 heteroatoms. The van der Waals surface area contributed by atoms with Crippen LogP contribution in [0.25, 0.3) is 11.3 Å². The van der Waals surface area contributed by atoms with Crippen LogP contribution in [0.1, 0.15) is 22.7 Å². The van der Waals surface area contributed by atoms with Gasteiger partial charge < -0.3 is 9.47 Å². The minimum Gasteiger partial charge on any atom is -0.454 e. The van der Waals surface area contributed by atoms with Crippen molar-refractivity contribution >= 4 is 11.8 Å². The van der Waals surface area contributed by atoms with E-state index in [2.05, 4.69) is 27.3 Å². The van der Waals surface area contributed by atoms with Crippen LogP contribution in [0.15, 0.2) is 47.5 Å². The smallest absolute Gasteiger partial charge is 0.240 e. The SMILES string of the molecule is O=C=Nc1c(C2Cc3ccccc3C2)n[nH]c1-c1ccc2c(c1)OCO2. The molecule has 0 unspecified atom stereocenters. The molecule has 2 heterocycles. The quantitative estimate of drug-likeness (QED) is 0.581. The van der Waals surface area contributed by atoms with Crippen molar-refractivity contribution in [3.63, 3.8) is 0 Å². The van der Waals surface area contributed by atoms with Gasteiger partial charge in [-0.05, 0) is 42.2 Å². The Balaban J connectivity index is 1.56. The summed E-state index contributed by atoms with van der Waals surface area (Å²) in [5, 5.41) is 7.55. The molecule has 2 aromatic carbocycles. The lowest BCUT2D eigenvalue weighted by atomic mass is 9.99. The van der Waals surface area contributed by atoms with Crippen molar-refractivity contribution in [2.75, 3.05) is 6.79 Å². The molecule has 1 aromatic heterocycles. The number of isocyanates is 1. The zero-order valence-electron chi connectivity index (χ0n) is 13.9. The van der Waals surface area contributed by atoms with Gasteiger partial charge in [0.05, 0.1) is 11.4 Å². The molecule has 0 saturated heterocycles. The largest absolute Gasteiger partial charge is 0.454 e. The number of fused-ring (bicyclic) bond motifs is 2. The number of benzene rings is 2. The van der Waals surface area contributed by atoms with Crippen LogP contribution in [0.4, 0.5) is 5.69 Å². The van der Waals surface area contributed by atoms with Crippen molar-refractivity contribution in [3.05, 3.63) is 59.3 Å². The first-order chi connectivity index (χ1) is 12.8. The lowest BCUT2D eigenvalue weighted by Crippen LogP contribution is -1.98. The van der Waals surface area contributed by atoms with Gasteiger partial charge in [-0.2, -0.15) is 10.1 Å². The van der Waals surface area contributed by atoms with E-state index in [4.69, 9.17) is 9.47 Å². The summed E-state index contributed by atoms with van der Waals surface area (Å²) in [5.74, 6) is 1.58. The number of nitrogens with zero attached hydrogens (tertiary/aromatic N) is 2. The van der Waals surface area contributed by atoms with E-state index < -0.39 is 0 Å². The van der Waals surface area contributed by atoms with Crippen molar-refractivity contribution in [2.24, 2.45) is 4.99 Å². The zero-order chi connectivity index (χ0) is 17.5. The van der Waals surface area contributed by atoms with Gasteiger partial charge >= 0.3 is 0 Å². The van der Waals surface area contributed by atoms with E-state index in [1.54, 1.807) is 6.08 Å². The Morgan fingerprint density at radius 2 is 1.85 bits per heavy atom. The fraction of sp³-hybridized carbons (Fsp3) is 0.200. The summed E-state index contributed by atoms with van der Waals surface area (Å²) in [5.41, 5.74) is 5.54. The fourth-order valence-corrected chi connectivity index (χ4v) is 3.80.